The normalized spacial score (nSPS) is 18.1. The minimum Gasteiger partial charge on any atom is -0.300 e. The molecule has 1 fully saturated rings. The number of amides is 1. The van der Waals surface area contributed by atoms with Gasteiger partial charge in [0.25, 0.3) is 0 Å². The van der Waals surface area contributed by atoms with Crippen LogP contribution in [-0.2, 0) is 14.8 Å². The molecule has 0 saturated carbocycles. The van der Waals surface area contributed by atoms with Crippen LogP contribution in [0.15, 0.2) is 33.5 Å². The Morgan fingerprint density at radius 3 is 2.79 bits per heavy atom. The summed E-state index contributed by atoms with van der Waals surface area (Å²) in [6.07, 6.45) is 2.35. The summed E-state index contributed by atoms with van der Waals surface area (Å²) in [6.45, 7) is 4.61. The van der Waals surface area contributed by atoms with Crippen LogP contribution in [0.25, 0.3) is 0 Å². The molecule has 1 unspecified atom stereocenters. The van der Waals surface area contributed by atoms with E-state index in [-0.39, 0.29) is 17.3 Å². The molecule has 152 valence electrons. The number of nitrogens with zero attached hydrogens (tertiary/aromatic N) is 3. The molecule has 2 heterocycles. The maximum absolute atomic E-state index is 12.9. The number of hydrogen-bond acceptors (Lipinski definition) is 7. The van der Waals surface area contributed by atoms with E-state index in [9.17, 15) is 13.2 Å². The maximum Gasteiger partial charge on any atom is 0.243 e. The standard InChI is InChI=1S/C18H24N4O3S3/c1-3-11-26-18-21-20-17(27-18)19-16(23)14-5-4-10-22(12-14)28(24,25)15-8-6-13(2)7-9-15/h6-9,14H,3-5,10-12H2,1-2H3,(H,19,20,23). The first-order chi connectivity index (χ1) is 13.4. The molecule has 28 heavy (non-hydrogen) atoms. The molecule has 0 bridgehead atoms. The lowest BCUT2D eigenvalue weighted by atomic mass is 9.99. The van der Waals surface area contributed by atoms with Crippen LogP contribution in [0.4, 0.5) is 5.13 Å². The lowest BCUT2D eigenvalue weighted by Crippen LogP contribution is -2.43. The Labute approximate surface area is 174 Å². The van der Waals surface area contributed by atoms with Gasteiger partial charge in [-0.05, 0) is 38.3 Å². The van der Waals surface area contributed by atoms with E-state index < -0.39 is 15.9 Å². The van der Waals surface area contributed by atoms with Gasteiger partial charge in [-0.3, -0.25) is 4.79 Å². The fourth-order valence-corrected chi connectivity index (χ4v) is 6.15. The zero-order chi connectivity index (χ0) is 20.1. The summed E-state index contributed by atoms with van der Waals surface area (Å²) in [4.78, 5) is 12.9. The lowest BCUT2D eigenvalue weighted by Gasteiger charge is -2.31. The monoisotopic (exact) mass is 440 g/mol. The second-order valence-corrected chi connectivity index (χ2v) is 11.0. The highest BCUT2D eigenvalue weighted by Gasteiger charge is 2.33. The SMILES string of the molecule is CCCSc1nnc(NC(=O)C2CCCN(S(=O)(=O)c3ccc(C)cc3)C2)s1. The second-order valence-electron chi connectivity index (χ2n) is 6.73. The molecule has 1 aliphatic rings. The Bertz CT molecular complexity index is 912. The zero-order valence-electron chi connectivity index (χ0n) is 15.9. The largest absolute Gasteiger partial charge is 0.300 e. The van der Waals surface area contributed by atoms with E-state index in [2.05, 4.69) is 22.4 Å². The average molecular weight is 441 g/mol. The van der Waals surface area contributed by atoms with Crippen molar-refractivity contribution >= 4 is 44.2 Å². The van der Waals surface area contributed by atoms with E-state index in [4.69, 9.17) is 0 Å². The van der Waals surface area contributed by atoms with Gasteiger partial charge in [0.05, 0.1) is 10.8 Å². The number of sulfonamides is 1. The van der Waals surface area contributed by atoms with Gasteiger partial charge in [-0.2, -0.15) is 4.31 Å². The molecule has 2 aromatic rings. The molecule has 1 N–H and O–H groups in total. The van der Waals surface area contributed by atoms with Crippen LogP contribution < -0.4 is 5.32 Å². The van der Waals surface area contributed by atoms with Crippen LogP contribution in [0.3, 0.4) is 0 Å². The third-order valence-corrected chi connectivity index (χ3v) is 8.54. The predicted molar refractivity (Wildman–Crippen MR) is 112 cm³/mol. The Kier molecular flexibility index (Phi) is 7.08. The van der Waals surface area contributed by atoms with E-state index in [0.717, 1.165) is 22.1 Å². The second kappa shape index (κ2) is 9.34. The smallest absolute Gasteiger partial charge is 0.243 e. The Balaban J connectivity index is 1.64. The minimum atomic E-state index is -3.60. The van der Waals surface area contributed by atoms with Gasteiger partial charge in [-0.15, -0.1) is 10.2 Å². The number of aryl methyl sites for hydroxylation is 1. The van der Waals surface area contributed by atoms with Crippen LogP contribution in [0.2, 0.25) is 0 Å². The zero-order valence-corrected chi connectivity index (χ0v) is 18.4. The van der Waals surface area contributed by atoms with Crippen LogP contribution in [-0.4, -0.2) is 47.7 Å². The number of piperidine rings is 1. The Morgan fingerprint density at radius 2 is 2.07 bits per heavy atom. The highest BCUT2D eigenvalue weighted by atomic mass is 32.2. The molecule has 3 rings (SSSR count). The van der Waals surface area contributed by atoms with E-state index in [1.807, 2.05) is 6.92 Å². The molecule has 0 aliphatic carbocycles. The molecule has 1 aromatic carbocycles. The quantitative estimate of drug-likeness (QED) is 0.524. The summed E-state index contributed by atoms with van der Waals surface area (Å²) in [5.41, 5.74) is 1.00. The van der Waals surface area contributed by atoms with E-state index >= 15 is 0 Å². The summed E-state index contributed by atoms with van der Waals surface area (Å²) in [5.74, 6) is 0.355. The first kappa shape index (κ1) is 21.2. The highest BCUT2D eigenvalue weighted by Crippen LogP contribution is 2.28. The van der Waals surface area contributed by atoms with Crippen LogP contribution >= 0.6 is 23.1 Å². The molecule has 0 radical (unpaired) electrons. The topological polar surface area (TPSA) is 92.3 Å². The third-order valence-electron chi connectivity index (χ3n) is 4.48. The average Bonchev–Trinajstić information content (AvgIpc) is 3.14. The van der Waals surface area contributed by atoms with Gasteiger partial charge in [0.2, 0.25) is 21.1 Å². The first-order valence-electron chi connectivity index (χ1n) is 9.24. The fourth-order valence-electron chi connectivity index (χ4n) is 2.95. The Morgan fingerprint density at radius 1 is 1.32 bits per heavy atom. The molecule has 1 atom stereocenters. The number of nitrogens with one attached hydrogen (secondary N) is 1. The van der Waals surface area contributed by atoms with Crippen molar-refractivity contribution in [2.24, 2.45) is 5.92 Å². The highest BCUT2D eigenvalue weighted by molar-refractivity contribution is 8.01. The van der Waals surface area contributed by atoms with E-state index in [1.54, 1.807) is 36.0 Å². The van der Waals surface area contributed by atoms with Crippen molar-refractivity contribution in [3.63, 3.8) is 0 Å². The van der Waals surface area contributed by atoms with Crippen LogP contribution in [0.1, 0.15) is 31.7 Å². The summed E-state index contributed by atoms with van der Waals surface area (Å²) < 4.78 is 28.0. The van der Waals surface area contributed by atoms with Gasteiger partial charge < -0.3 is 5.32 Å². The molecule has 7 nitrogen and oxygen atoms in total. The van der Waals surface area contributed by atoms with Crippen LogP contribution in [0, 0.1) is 12.8 Å². The van der Waals surface area contributed by atoms with Crippen molar-refractivity contribution in [2.45, 2.75) is 42.3 Å². The van der Waals surface area contributed by atoms with Gasteiger partial charge >= 0.3 is 0 Å². The van der Waals surface area contributed by atoms with Crippen molar-refractivity contribution in [1.82, 2.24) is 14.5 Å². The summed E-state index contributed by atoms with van der Waals surface area (Å²) in [6, 6.07) is 6.80. The number of thioether (sulfide) groups is 1. The minimum absolute atomic E-state index is 0.179. The molecule has 1 aromatic heterocycles. The summed E-state index contributed by atoms with van der Waals surface area (Å²) in [5, 5.41) is 11.3. The van der Waals surface area contributed by atoms with Gasteiger partial charge in [-0.1, -0.05) is 47.7 Å². The molecule has 1 saturated heterocycles. The molecule has 10 heteroatoms. The molecule has 1 amide bonds. The summed E-state index contributed by atoms with van der Waals surface area (Å²) in [7, 11) is -3.60. The van der Waals surface area contributed by atoms with Crippen LogP contribution in [0.5, 0.6) is 0 Å². The fraction of sp³-hybridized carbons (Fsp3) is 0.500. The van der Waals surface area contributed by atoms with E-state index in [1.165, 1.54) is 15.6 Å². The number of carbonyl (C=O) groups excluding carboxylic acids is 1. The number of aromatic nitrogens is 2. The first-order valence-corrected chi connectivity index (χ1v) is 12.5. The summed E-state index contributed by atoms with van der Waals surface area (Å²) >= 11 is 2.96. The van der Waals surface area contributed by atoms with Crippen molar-refractivity contribution < 1.29 is 13.2 Å². The number of anilines is 1. The third kappa shape index (κ3) is 5.11. The molecule has 1 aliphatic heterocycles. The Hall–Kier alpha value is -1.49. The number of carbonyl (C=O) groups is 1. The molecule has 0 spiro atoms. The number of hydrogen-bond donors (Lipinski definition) is 1. The van der Waals surface area contributed by atoms with Crippen molar-refractivity contribution in [1.29, 1.82) is 0 Å². The number of rotatable bonds is 7. The number of benzene rings is 1. The molecular weight excluding hydrogens is 416 g/mol. The van der Waals surface area contributed by atoms with Gasteiger partial charge in [0.1, 0.15) is 0 Å². The van der Waals surface area contributed by atoms with Crippen molar-refractivity contribution in [2.75, 3.05) is 24.2 Å². The van der Waals surface area contributed by atoms with Crippen molar-refractivity contribution in [3.8, 4) is 0 Å². The van der Waals surface area contributed by atoms with Crippen molar-refractivity contribution in [3.05, 3.63) is 29.8 Å². The van der Waals surface area contributed by atoms with Gasteiger partial charge in [0.15, 0.2) is 4.34 Å². The molecular formula is C18H24N4O3S3. The van der Waals surface area contributed by atoms with Gasteiger partial charge in [0, 0.05) is 18.8 Å². The van der Waals surface area contributed by atoms with E-state index in [0.29, 0.717) is 24.5 Å². The lowest BCUT2D eigenvalue weighted by molar-refractivity contribution is -0.120. The predicted octanol–water partition coefficient (Wildman–Crippen LogP) is 3.39. The maximum atomic E-state index is 12.9. The van der Waals surface area contributed by atoms with Gasteiger partial charge in [-0.25, -0.2) is 8.42 Å².